The first-order chi connectivity index (χ1) is 14.7. The zero-order chi connectivity index (χ0) is 22.5. The Morgan fingerprint density at radius 2 is 0.968 bits per heavy atom. The van der Waals surface area contributed by atoms with E-state index in [1.54, 1.807) is 0 Å². The minimum absolute atomic E-state index is 0.0349. The molecule has 11 heteroatoms. The monoisotopic (exact) mass is 468 g/mol. The Hall–Kier alpha value is -3.50. The van der Waals surface area contributed by atoms with Gasteiger partial charge < -0.3 is 0 Å². The molecule has 0 radical (unpaired) electrons. The molecule has 2 aliphatic rings. The lowest BCUT2D eigenvalue weighted by Gasteiger charge is -2.31. The molecule has 150 valence electrons. The van der Waals surface area contributed by atoms with E-state index >= 15 is 0 Å². The lowest BCUT2D eigenvalue weighted by Crippen LogP contribution is -2.41. The van der Waals surface area contributed by atoms with Crippen LogP contribution in [0.2, 0.25) is 8.67 Å². The first kappa shape index (κ1) is 19.5. The maximum atomic E-state index is 13.2. The number of nitriles is 2. The van der Waals surface area contributed by atoms with Crippen molar-refractivity contribution >= 4 is 79.7 Å². The fraction of sp³-hybridized carbons (Fsp3) is 0.100. The van der Waals surface area contributed by atoms with Crippen molar-refractivity contribution in [2.45, 2.75) is 0 Å². The second-order valence-electron chi connectivity index (χ2n) is 6.96. The summed E-state index contributed by atoms with van der Waals surface area (Å²) in [5, 5.41) is 19.9. The van der Waals surface area contributed by atoms with Crippen LogP contribution < -0.4 is 0 Å². The molecule has 8 nitrogen and oxygen atoms in total. The molecule has 0 aliphatic carbocycles. The number of amides is 4. The van der Waals surface area contributed by atoms with E-state index in [9.17, 15) is 29.7 Å². The number of imide groups is 2. The number of rotatable bonds is 0. The van der Waals surface area contributed by atoms with E-state index in [1.165, 1.54) is 14.1 Å². The van der Waals surface area contributed by atoms with Crippen molar-refractivity contribution in [3.05, 3.63) is 42.1 Å². The Labute approximate surface area is 187 Å². The summed E-state index contributed by atoms with van der Waals surface area (Å²) in [5.41, 5.74) is -1.19. The highest BCUT2D eigenvalue weighted by molar-refractivity contribution is 7.22. The van der Waals surface area contributed by atoms with E-state index in [-0.39, 0.29) is 63.6 Å². The number of fused-ring (bicyclic) bond motifs is 3. The summed E-state index contributed by atoms with van der Waals surface area (Å²) in [5.74, 6) is -3.08. The first-order valence-electron chi connectivity index (χ1n) is 8.59. The summed E-state index contributed by atoms with van der Waals surface area (Å²) < 4.78 is 0.235. The lowest BCUT2D eigenvalue weighted by atomic mass is 9.79. The molecule has 4 amide bonds. The average Bonchev–Trinajstić information content (AvgIpc) is 3.04. The number of carbonyl (C=O) groups excluding carboxylic acids is 4. The van der Waals surface area contributed by atoms with Crippen LogP contribution in [0.15, 0.2) is 0 Å². The van der Waals surface area contributed by atoms with Crippen LogP contribution in [-0.2, 0) is 0 Å². The summed E-state index contributed by atoms with van der Waals surface area (Å²) in [6.07, 6.45) is 0. The van der Waals surface area contributed by atoms with Gasteiger partial charge in [-0.2, -0.15) is 10.5 Å². The number of carbonyl (C=O) groups is 4. The largest absolute Gasteiger partial charge is 0.277 e. The predicted octanol–water partition coefficient (Wildman–Crippen LogP) is 3.56. The number of benzene rings is 2. The molecule has 3 heterocycles. The third kappa shape index (κ3) is 2.03. The van der Waals surface area contributed by atoms with Crippen molar-refractivity contribution in [3.8, 4) is 12.1 Å². The molecule has 2 aromatic carbocycles. The number of hydrogen-bond acceptors (Lipinski definition) is 7. The second-order valence-corrected chi connectivity index (χ2v) is 9.19. The molecule has 0 spiro atoms. The Kier molecular flexibility index (Phi) is 3.78. The molecule has 0 fully saturated rings. The van der Waals surface area contributed by atoms with Gasteiger partial charge in [0.05, 0.1) is 33.4 Å². The molecule has 0 N–H and O–H groups in total. The van der Waals surface area contributed by atoms with Crippen LogP contribution >= 0.6 is 34.5 Å². The molecular weight excluding hydrogens is 463 g/mol. The highest BCUT2D eigenvalue weighted by atomic mass is 35.5. The number of thiophene rings is 1. The van der Waals surface area contributed by atoms with Gasteiger partial charge in [0.2, 0.25) is 0 Å². The molecule has 5 rings (SSSR count). The van der Waals surface area contributed by atoms with E-state index < -0.39 is 23.6 Å². The fourth-order valence-corrected chi connectivity index (χ4v) is 5.99. The van der Waals surface area contributed by atoms with Gasteiger partial charge in [-0.25, -0.2) is 0 Å². The fourth-order valence-electron chi connectivity index (χ4n) is 4.26. The van der Waals surface area contributed by atoms with Gasteiger partial charge >= 0.3 is 0 Å². The molecule has 3 aromatic rings. The highest BCUT2D eigenvalue weighted by Gasteiger charge is 2.44. The normalized spacial score (nSPS) is 15.2. The zero-order valence-corrected chi connectivity index (χ0v) is 17.9. The van der Waals surface area contributed by atoms with E-state index in [2.05, 4.69) is 0 Å². The summed E-state index contributed by atoms with van der Waals surface area (Å²) in [4.78, 5) is 54.1. The van der Waals surface area contributed by atoms with E-state index in [0.29, 0.717) is 0 Å². The Morgan fingerprint density at radius 1 is 0.645 bits per heavy atom. The Bertz CT molecular complexity index is 1480. The maximum Gasteiger partial charge on any atom is 0.262 e. The minimum atomic E-state index is -0.821. The quantitative estimate of drug-likeness (QED) is 0.464. The van der Waals surface area contributed by atoms with Crippen molar-refractivity contribution in [2.24, 2.45) is 0 Å². The first-order valence-corrected chi connectivity index (χ1v) is 10.2. The van der Waals surface area contributed by atoms with Gasteiger partial charge in [0, 0.05) is 35.6 Å². The standard InChI is InChI=1S/C20H6Cl2N4O4S/c1-25-17(27)7-5(3-23)6(4-24)8-10-9(7)13(19(25)29)11-12(16(22)31-15(11)21)14(10)20(30)26(2)18(8)28/h1-2H3. The van der Waals surface area contributed by atoms with Crippen molar-refractivity contribution < 1.29 is 19.2 Å². The SMILES string of the molecule is CN1C(=O)c2c(C#N)c(C#N)c3c4c(c5c(Cl)sc(Cl)c5c(c24)C1=O)C(=O)N(C)C3=O. The van der Waals surface area contributed by atoms with Crippen LogP contribution in [0, 0.1) is 22.7 Å². The van der Waals surface area contributed by atoms with Gasteiger partial charge in [0.15, 0.2) is 0 Å². The topological polar surface area (TPSA) is 122 Å². The van der Waals surface area contributed by atoms with Crippen molar-refractivity contribution in [3.63, 3.8) is 0 Å². The third-order valence-electron chi connectivity index (χ3n) is 5.62. The van der Waals surface area contributed by atoms with Crippen LogP contribution in [0.1, 0.15) is 52.6 Å². The van der Waals surface area contributed by atoms with Gasteiger partial charge in [-0.15, -0.1) is 11.3 Å². The molecule has 0 unspecified atom stereocenters. The van der Waals surface area contributed by atoms with Gasteiger partial charge in [-0.05, 0) is 0 Å². The smallest absolute Gasteiger partial charge is 0.262 e. The van der Waals surface area contributed by atoms with Crippen LogP contribution in [0.4, 0.5) is 0 Å². The highest BCUT2D eigenvalue weighted by Crippen LogP contribution is 2.51. The van der Waals surface area contributed by atoms with E-state index in [1.807, 2.05) is 12.1 Å². The molecule has 31 heavy (non-hydrogen) atoms. The summed E-state index contributed by atoms with van der Waals surface area (Å²) in [6.45, 7) is 0. The average molecular weight is 469 g/mol. The molecule has 0 saturated heterocycles. The van der Waals surface area contributed by atoms with Gasteiger partial charge in [-0.1, -0.05) is 23.2 Å². The second kappa shape index (κ2) is 6.02. The van der Waals surface area contributed by atoms with Crippen molar-refractivity contribution in [1.82, 2.24) is 9.80 Å². The molecule has 0 atom stereocenters. The van der Waals surface area contributed by atoms with Crippen LogP contribution in [0.5, 0.6) is 0 Å². The Balaban J connectivity index is 2.30. The van der Waals surface area contributed by atoms with Crippen LogP contribution in [-0.4, -0.2) is 47.5 Å². The third-order valence-corrected chi connectivity index (χ3v) is 7.23. The summed E-state index contributed by atoms with van der Waals surface area (Å²) >= 11 is 13.7. The van der Waals surface area contributed by atoms with Crippen molar-refractivity contribution in [1.29, 1.82) is 10.5 Å². The summed E-state index contributed by atoms with van der Waals surface area (Å²) in [6, 6.07) is 3.65. The molecule has 0 bridgehead atoms. The maximum absolute atomic E-state index is 13.2. The van der Waals surface area contributed by atoms with E-state index in [4.69, 9.17) is 23.2 Å². The number of nitrogens with zero attached hydrogens (tertiary/aromatic N) is 4. The van der Waals surface area contributed by atoms with Crippen molar-refractivity contribution in [2.75, 3.05) is 14.1 Å². The molecule has 2 aliphatic heterocycles. The number of halogens is 2. The molecule has 1 aromatic heterocycles. The van der Waals surface area contributed by atoms with Crippen LogP contribution in [0.3, 0.4) is 0 Å². The Morgan fingerprint density at radius 3 is 1.29 bits per heavy atom. The molecule has 0 saturated carbocycles. The molecular formula is C20H6Cl2N4O4S. The van der Waals surface area contributed by atoms with Gasteiger partial charge in [-0.3, -0.25) is 29.0 Å². The summed E-state index contributed by atoms with van der Waals surface area (Å²) in [7, 11) is 2.47. The van der Waals surface area contributed by atoms with Gasteiger partial charge in [0.1, 0.15) is 20.8 Å². The predicted molar refractivity (Wildman–Crippen MR) is 112 cm³/mol. The zero-order valence-electron chi connectivity index (χ0n) is 15.6. The number of hydrogen-bond donors (Lipinski definition) is 0. The van der Waals surface area contributed by atoms with Gasteiger partial charge in [0.25, 0.3) is 23.6 Å². The minimum Gasteiger partial charge on any atom is -0.277 e. The van der Waals surface area contributed by atoms with E-state index in [0.717, 1.165) is 21.1 Å². The lowest BCUT2D eigenvalue weighted by molar-refractivity contribution is 0.0631. The van der Waals surface area contributed by atoms with Crippen LogP contribution in [0.25, 0.3) is 21.5 Å².